The fourth-order valence-corrected chi connectivity index (χ4v) is 3.38. The van der Waals surface area contributed by atoms with E-state index in [0.717, 1.165) is 19.6 Å². The molecular weight excluding hydrogens is 332 g/mol. The lowest BCUT2D eigenvalue weighted by Gasteiger charge is -2.33. The summed E-state index contributed by atoms with van der Waals surface area (Å²) in [6, 6.07) is 31.7. The minimum Gasteiger partial charge on any atom is -0.306 e. The number of rotatable bonds is 7. The van der Waals surface area contributed by atoms with E-state index in [1.807, 2.05) is 6.07 Å². The Morgan fingerprint density at radius 1 is 0.704 bits per heavy atom. The highest BCUT2D eigenvalue weighted by Crippen LogP contribution is 2.19. The van der Waals surface area contributed by atoms with Crippen molar-refractivity contribution in [2.24, 2.45) is 4.99 Å². The molecule has 3 aromatic rings. The monoisotopic (exact) mass is 356 g/mol. The molecule has 0 amide bonds. The van der Waals surface area contributed by atoms with E-state index < -0.39 is 0 Å². The van der Waals surface area contributed by atoms with Crippen LogP contribution in [0.25, 0.3) is 0 Å². The summed E-state index contributed by atoms with van der Waals surface area (Å²) in [4.78, 5) is 7.11. The maximum Gasteiger partial charge on any atom is 0.177 e. The van der Waals surface area contributed by atoms with Crippen LogP contribution in [-0.4, -0.2) is 22.5 Å². The van der Waals surface area contributed by atoms with E-state index in [2.05, 4.69) is 100 Å². The molecule has 0 unspecified atom stereocenters. The molecule has 3 aromatic carbocycles. The highest BCUT2D eigenvalue weighted by atomic mass is 15.7. The third-order valence-corrected chi connectivity index (χ3v) is 4.69. The Hall–Kier alpha value is -2.95. The second-order valence-corrected chi connectivity index (χ2v) is 6.74. The van der Waals surface area contributed by atoms with Crippen LogP contribution in [0.1, 0.15) is 16.7 Å². The first-order chi connectivity index (χ1) is 13.4. The van der Waals surface area contributed by atoms with Gasteiger partial charge >= 0.3 is 0 Å². The van der Waals surface area contributed by atoms with E-state index in [1.165, 1.54) is 16.7 Å². The van der Waals surface area contributed by atoms with E-state index in [-0.39, 0.29) is 6.29 Å². The lowest BCUT2D eigenvalue weighted by molar-refractivity contribution is 0.0263. The van der Waals surface area contributed by atoms with Crippen LogP contribution < -0.4 is 5.43 Å². The van der Waals surface area contributed by atoms with Gasteiger partial charge in [-0.25, -0.2) is 4.99 Å². The average Bonchev–Trinajstić information content (AvgIpc) is 3.18. The number of hydrazine groups is 1. The molecule has 0 aromatic heterocycles. The molecule has 0 bridgehead atoms. The fraction of sp³-hybridized carbons (Fsp3) is 0.174. The SMILES string of the molecule is C1=N[C@H](N(Cc2ccccc2)Cc2ccccc2)N(Cc2ccccc2)N1. The van der Waals surface area contributed by atoms with E-state index in [1.54, 1.807) is 6.34 Å². The van der Waals surface area contributed by atoms with Crippen LogP contribution in [0.3, 0.4) is 0 Å². The van der Waals surface area contributed by atoms with E-state index >= 15 is 0 Å². The summed E-state index contributed by atoms with van der Waals surface area (Å²) in [5, 5.41) is 2.18. The normalized spacial score (nSPS) is 16.6. The quantitative estimate of drug-likeness (QED) is 0.694. The molecule has 4 heteroatoms. The predicted molar refractivity (Wildman–Crippen MR) is 110 cm³/mol. The van der Waals surface area contributed by atoms with Crippen molar-refractivity contribution < 1.29 is 0 Å². The Morgan fingerprint density at radius 3 is 1.70 bits per heavy atom. The summed E-state index contributed by atoms with van der Waals surface area (Å²) in [5.41, 5.74) is 7.15. The Morgan fingerprint density at radius 2 is 1.19 bits per heavy atom. The second-order valence-electron chi connectivity index (χ2n) is 6.74. The lowest BCUT2D eigenvalue weighted by Crippen LogP contribution is -2.47. The van der Waals surface area contributed by atoms with Crippen LogP contribution in [0, 0.1) is 0 Å². The number of benzene rings is 3. The molecule has 0 aliphatic carbocycles. The van der Waals surface area contributed by atoms with Crippen LogP contribution in [-0.2, 0) is 19.6 Å². The summed E-state index contributed by atoms with van der Waals surface area (Å²) >= 11 is 0. The minimum absolute atomic E-state index is 0.0504. The Bertz CT molecular complexity index is 808. The van der Waals surface area contributed by atoms with Gasteiger partial charge in [-0.05, 0) is 16.7 Å². The zero-order valence-corrected chi connectivity index (χ0v) is 15.3. The van der Waals surface area contributed by atoms with Crippen molar-refractivity contribution in [3.05, 3.63) is 108 Å². The second kappa shape index (κ2) is 8.62. The lowest BCUT2D eigenvalue weighted by atomic mass is 10.1. The number of nitrogens with one attached hydrogen (secondary N) is 1. The van der Waals surface area contributed by atoms with Gasteiger partial charge < -0.3 is 5.43 Å². The van der Waals surface area contributed by atoms with E-state index in [0.29, 0.717) is 0 Å². The van der Waals surface area contributed by atoms with Crippen LogP contribution >= 0.6 is 0 Å². The first-order valence-electron chi connectivity index (χ1n) is 9.29. The van der Waals surface area contributed by atoms with Crippen LogP contribution in [0.5, 0.6) is 0 Å². The molecule has 0 saturated heterocycles. The Kier molecular flexibility index (Phi) is 5.58. The highest BCUT2D eigenvalue weighted by molar-refractivity contribution is 5.55. The smallest absolute Gasteiger partial charge is 0.177 e. The summed E-state index contributed by atoms with van der Waals surface area (Å²) in [6.45, 7) is 2.47. The van der Waals surface area contributed by atoms with Crippen LogP contribution in [0.15, 0.2) is 96.0 Å². The van der Waals surface area contributed by atoms with Crippen molar-refractivity contribution in [3.8, 4) is 0 Å². The zero-order chi connectivity index (χ0) is 18.3. The van der Waals surface area contributed by atoms with Gasteiger partial charge in [0.25, 0.3) is 0 Å². The fourth-order valence-electron chi connectivity index (χ4n) is 3.38. The molecule has 4 rings (SSSR count). The molecule has 0 fully saturated rings. The minimum atomic E-state index is -0.0504. The van der Waals surface area contributed by atoms with Crippen LogP contribution in [0.2, 0.25) is 0 Å². The molecule has 0 spiro atoms. The van der Waals surface area contributed by atoms with Gasteiger partial charge in [-0.1, -0.05) is 91.0 Å². The van der Waals surface area contributed by atoms with Crippen molar-refractivity contribution in [2.75, 3.05) is 0 Å². The van der Waals surface area contributed by atoms with Crippen molar-refractivity contribution in [1.82, 2.24) is 15.3 Å². The number of hydrogen-bond donors (Lipinski definition) is 1. The molecular formula is C23H24N4. The largest absolute Gasteiger partial charge is 0.306 e. The molecule has 1 atom stereocenters. The molecule has 4 nitrogen and oxygen atoms in total. The summed E-state index contributed by atoms with van der Waals surface area (Å²) in [5.74, 6) is 0. The van der Waals surface area contributed by atoms with Gasteiger partial charge in [0, 0.05) is 19.6 Å². The van der Waals surface area contributed by atoms with Crippen molar-refractivity contribution in [2.45, 2.75) is 25.9 Å². The van der Waals surface area contributed by atoms with Gasteiger partial charge in [-0.3, -0.25) is 4.90 Å². The first kappa shape index (κ1) is 17.5. The van der Waals surface area contributed by atoms with Gasteiger partial charge in [0.1, 0.15) is 6.34 Å². The van der Waals surface area contributed by atoms with Crippen molar-refractivity contribution in [1.29, 1.82) is 0 Å². The third kappa shape index (κ3) is 4.61. The first-order valence-corrected chi connectivity index (χ1v) is 9.29. The van der Waals surface area contributed by atoms with E-state index in [4.69, 9.17) is 4.99 Å². The summed E-state index contributed by atoms with van der Waals surface area (Å²) in [6.07, 6.45) is 1.75. The third-order valence-electron chi connectivity index (χ3n) is 4.69. The van der Waals surface area contributed by atoms with Crippen LogP contribution in [0.4, 0.5) is 0 Å². The Balaban J connectivity index is 1.55. The van der Waals surface area contributed by atoms with Crippen molar-refractivity contribution in [3.63, 3.8) is 0 Å². The van der Waals surface area contributed by atoms with Gasteiger partial charge in [0.2, 0.25) is 0 Å². The van der Waals surface area contributed by atoms with Gasteiger partial charge in [0.15, 0.2) is 6.29 Å². The molecule has 1 aliphatic heterocycles. The van der Waals surface area contributed by atoms with E-state index in [9.17, 15) is 0 Å². The molecule has 1 heterocycles. The predicted octanol–water partition coefficient (Wildman–Crippen LogP) is 4.02. The molecule has 0 saturated carbocycles. The molecule has 0 radical (unpaired) electrons. The number of hydrogen-bond acceptors (Lipinski definition) is 4. The Labute approximate surface area is 160 Å². The van der Waals surface area contributed by atoms with Gasteiger partial charge in [-0.15, -0.1) is 0 Å². The maximum atomic E-state index is 4.72. The maximum absolute atomic E-state index is 4.72. The summed E-state index contributed by atoms with van der Waals surface area (Å²) in [7, 11) is 0. The topological polar surface area (TPSA) is 30.9 Å². The number of aliphatic imine (C=N–C) groups is 1. The standard InChI is InChI=1S/C23H24N4/c1-4-10-20(11-5-1)16-26(17-21-12-6-2-7-13-21)23-24-19-25-27(23)18-22-14-8-3-9-15-22/h1-15,19,23H,16-18H2,(H,24,25)/t23-/m1/s1. The average molecular weight is 356 g/mol. The highest BCUT2D eigenvalue weighted by Gasteiger charge is 2.28. The molecule has 1 N–H and O–H groups in total. The van der Waals surface area contributed by atoms with Crippen molar-refractivity contribution >= 4 is 6.34 Å². The molecule has 27 heavy (non-hydrogen) atoms. The molecule has 1 aliphatic rings. The van der Waals surface area contributed by atoms with Gasteiger partial charge in [0.05, 0.1) is 0 Å². The zero-order valence-electron chi connectivity index (χ0n) is 15.3. The number of nitrogens with zero attached hydrogens (tertiary/aromatic N) is 3. The summed E-state index contributed by atoms with van der Waals surface area (Å²) < 4.78 is 0. The molecule has 136 valence electrons. The van der Waals surface area contributed by atoms with Gasteiger partial charge in [-0.2, -0.15) is 5.01 Å².